The third-order valence-corrected chi connectivity index (χ3v) is 7.00. The summed E-state index contributed by atoms with van der Waals surface area (Å²) in [5, 5.41) is 0. The van der Waals surface area contributed by atoms with E-state index in [4.69, 9.17) is 9.47 Å². The molecule has 0 radical (unpaired) electrons. The van der Waals surface area contributed by atoms with Crippen molar-refractivity contribution in [3.63, 3.8) is 0 Å². The molecule has 11 heteroatoms. The minimum Gasteiger partial charge on any atom is -0.444 e. The van der Waals surface area contributed by atoms with E-state index in [1.54, 1.807) is 36.4 Å². The van der Waals surface area contributed by atoms with Gasteiger partial charge in [-0.15, -0.1) is 0 Å². The van der Waals surface area contributed by atoms with Gasteiger partial charge in [-0.05, 0) is 65.4 Å². The molecule has 3 atom stereocenters. The van der Waals surface area contributed by atoms with Crippen molar-refractivity contribution < 1.29 is 32.0 Å². The van der Waals surface area contributed by atoms with Crippen molar-refractivity contribution in [2.24, 2.45) is 5.92 Å². The lowest BCUT2D eigenvalue weighted by molar-refractivity contribution is 0.0782. The molecule has 4 rings (SSSR count). The predicted molar refractivity (Wildman–Crippen MR) is 125 cm³/mol. The molecule has 32 heavy (non-hydrogen) atoms. The quantitative estimate of drug-likeness (QED) is 0.399. The van der Waals surface area contributed by atoms with Crippen molar-refractivity contribution in [1.29, 1.82) is 0 Å². The molecule has 0 spiro atoms. The summed E-state index contributed by atoms with van der Waals surface area (Å²) in [6.07, 6.45) is -2.40. The summed E-state index contributed by atoms with van der Waals surface area (Å²) in [4.78, 5) is 27.7. The summed E-state index contributed by atoms with van der Waals surface area (Å²) < 4.78 is 44.8. The van der Waals surface area contributed by atoms with Crippen LogP contribution in [0.15, 0.2) is 54.6 Å². The van der Waals surface area contributed by atoms with Crippen LogP contribution in [0.25, 0.3) is 0 Å². The van der Waals surface area contributed by atoms with E-state index >= 15 is 0 Å². The van der Waals surface area contributed by atoms with E-state index in [2.05, 4.69) is 22.6 Å². The van der Waals surface area contributed by atoms with Gasteiger partial charge < -0.3 is 9.47 Å². The highest BCUT2D eigenvalue weighted by Crippen LogP contribution is 2.31. The minimum atomic E-state index is -4.35. The predicted octanol–water partition coefficient (Wildman–Crippen LogP) is 3.54. The van der Waals surface area contributed by atoms with Crippen LogP contribution in [0.1, 0.15) is 6.42 Å². The topological polar surface area (TPSA) is 113 Å². The molecule has 9 nitrogen and oxygen atoms in total. The second-order valence-corrected chi connectivity index (χ2v) is 10.4. The Morgan fingerprint density at radius 1 is 0.938 bits per heavy atom. The van der Waals surface area contributed by atoms with E-state index in [0.717, 1.165) is 3.57 Å². The first-order valence-electron chi connectivity index (χ1n) is 9.91. The summed E-state index contributed by atoms with van der Waals surface area (Å²) in [7, 11) is -4.35. The number of nitrogens with zero attached hydrogens (tertiary/aromatic N) is 2. The minimum absolute atomic E-state index is 0.118. The van der Waals surface area contributed by atoms with Gasteiger partial charge in [0.25, 0.3) is 10.1 Å². The Hall–Kier alpha value is -2.38. The number of para-hydroxylation sites is 1. The fourth-order valence-electron chi connectivity index (χ4n) is 3.96. The molecule has 2 saturated heterocycles. The second-order valence-electron chi connectivity index (χ2n) is 7.71. The fourth-order valence-corrected chi connectivity index (χ4v) is 5.21. The first-order valence-corrected chi connectivity index (χ1v) is 12.6. The number of cyclic esters (lactones) is 2. The number of rotatable bonds is 7. The van der Waals surface area contributed by atoms with Crippen molar-refractivity contribution in [3.05, 3.63) is 58.2 Å². The van der Waals surface area contributed by atoms with Gasteiger partial charge in [0.05, 0.1) is 18.8 Å². The Balaban J connectivity index is 1.49. The molecule has 2 aliphatic heterocycles. The van der Waals surface area contributed by atoms with E-state index in [9.17, 15) is 22.6 Å². The fraction of sp³-hybridized carbons (Fsp3) is 0.333. The molecule has 0 saturated carbocycles. The van der Waals surface area contributed by atoms with Gasteiger partial charge in [-0.25, -0.2) is 9.59 Å². The molecular formula is C21H21IN2O7S. The molecule has 2 amide bonds. The number of amides is 2. The summed E-state index contributed by atoms with van der Waals surface area (Å²) >= 11 is 2.17. The van der Waals surface area contributed by atoms with Crippen LogP contribution in [0.5, 0.6) is 0 Å². The standard InChI is InChI=1S/C21H21IN2O7S/c22-15-6-8-17(9-7-15)23-11-18(30-20(23)25)10-14(13-32(27,28)29)19-12-24(21(26)31-19)16-4-2-1-3-5-16/h1-9,14,18-19H,10-13H2,(H,27,28,29)/t14?,18-,19+/m1/s1. The molecule has 0 bridgehead atoms. The van der Waals surface area contributed by atoms with E-state index in [1.165, 1.54) is 9.80 Å². The van der Waals surface area contributed by atoms with Crippen LogP contribution in [0, 0.1) is 9.49 Å². The van der Waals surface area contributed by atoms with Crippen molar-refractivity contribution in [2.75, 3.05) is 28.6 Å². The Kier molecular flexibility index (Phi) is 6.58. The van der Waals surface area contributed by atoms with Gasteiger partial charge >= 0.3 is 12.2 Å². The molecule has 2 aliphatic rings. The monoisotopic (exact) mass is 572 g/mol. The van der Waals surface area contributed by atoms with E-state index in [-0.39, 0.29) is 19.5 Å². The number of carbonyl (C=O) groups is 2. The van der Waals surface area contributed by atoms with E-state index < -0.39 is 46.2 Å². The lowest BCUT2D eigenvalue weighted by Crippen LogP contribution is -2.35. The Labute approximate surface area is 199 Å². The molecular weight excluding hydrogens is 551 g/mol. The Morgan fingerprint density at radius 3 is 2.19 bits per heavy atom. The average Bonchev–Trinajstić information content (AvgIpc) is 3.30. The number of benzene rings is 2. The largest absolute Gasteiger partial charge is 0.444 e. The average molecular weight is 572 g/mol. The third-order valence-electron chi connectivity index (χ3n) is 5.43. The van der Waals surface area contributed by atoms with Crippen LogP contribution in [0.2, 0.25) is 0 Å². The first kappa shape index (κ1) is 22.8. The van der Waals surface area contributed by atoms with Crippen LogP contribution < -0.4 is 9.80 Å². The smallest absolute Gasteiger partial charge is 0.414 e. The molecule has 2 heterocycles. The lowest BCUT2D eigenvalue weighted by Gasteiger charge is -2.23. The molecule has 0 aliphatic carbocycles. The molecule has 2 aromatic rings. The summed E-state index contributed by atoms with van der Waals surface area (Å²) in [5.41, 5.74) is 1.30. The zero-order valence-corrected chi connectivity index (χ0v) is 19.8. The number of anilines is 2. The van der Waals surface area contributed by atoms with Crippen LogP contribution >= 0.6 is 22.6 Å². The van der Waals surface area contributed by atoms with Gasteiger partial charge in [0.15, 0.2) is 0 Å². The zero-order valence-electron chi connectivity index (χ0n) is 16.8. The SMILES string of the molecule is O=C1O[C@H](CC(CS(=O)(=O)O)[C@@H]2CN(c3ccccc3)C(=O)O2)CN1c1ccc(I)cc1. The number of hydrogen-bond donors (Lipinski definition) is 1. The molecule has 0 aromatic heterocycles. The highest BCUT2D eigenvalue weighted by molar-refractivity contribution is 14.1. The maximum atomic E-state index is 12.4. The van der Waals surface area contributed by atoms with E-state index in [1.807, 2.05) is 18.2 Å². The normalized spacial score (nSPS) is 22.1. The van der Waals surface area contributed by atoms with Crippen molar-refractivity contribution in [2.45, 2.75) is 18.6 Å². The summed E-state index contributed by atoms with van der Waals surface area (Å²) in [6, 6.07) is 16.2. The van der Waals surface area contributed by atoms with Crippen LogP contribution in [-0.4, -0.2) is 56.2 Å². The highest BCUT2D eigenvalue weighted by Gasteiger charge is 2.42. The summed E-state index contributed by atoms with van der Waals surface area (Å²) in [6.45, 7) is 0.356. The molecule has 2 aromatic carbocycles. The highest BCUT2D eigenvalue weighted by atomic mass is 127. The lowest BCUT2D eigenvalue weighted by atomic mass is 9.97. The van der Waals surface area contributed by atoms with Crippen molar-refractivity contribution >= 4 is 56.3 Å². The van der Waals surface area contributed by atoms with Crippen LogP contribution in [-0.2, 0) is 19.6 Å². The van der Waals surface area contributed by atoms with Gasteiger partial charge in [0, 0.05) is 20.9 Å². The molecule has 2 fully saturated rings. The van der Waals surface area contributed by atoms with Gasteiger partial charge in [0.2, 0.25) is 0 Å². The van der Waals surface area contributed by atoms with Crippen molar-refractivity contribution in [3.8, 4) is 0 Å². The van der Waals surface area contributed by atoms with Gasteiger partial charge in [-0.2, -0.15) is 8.42 Å². The number of halogens is 1. The van der Waals surface area contributed by atoms with Gasteiger partial charge in [-0.3, -0.25) is 14.4 Å². The van der Waals surface area contributed by atoms with Crippen LogP contribution in [0.3, 0.4) is 0 Å². The van der Waals surface area contributed by atoms with E-state index in [0.29, 0.717) is 11.4 Å². The van der Waals surface area contributed by atoms with Crippen molar-refractivity contribution in [1.82, 2.24) is 0 Å². The Bertz CT molecular complexity index is 1090. The first-order chi connectivity index (χ1) is 15.2. The third kappa shape index (κ3) is 5.33. The van der Waals surface area contributed by atoms with Crippen LogP contribution in [0.4, 0.5) is 21.0 Å². The zero-order chi connectivity index (χ0) is 22.9. The van der Waals surface area contributed by atoms with Gasteiger partial charge in [0.1, 0.15) is 12.2 Å². The maximum Gasteiger partial charge on any atom is 0.414 e. The number of hydrogen-bond acceptors (Lipinski definition) is 6. The molecule has 1 N–H and O–H groups in total. The number of ether oxygens (including phenoxy) is 2. The Morgan fingerprint density at radius 2 is 1.53 bits per heavy atom. The van der Waals surface area contributed by atoms with Gasteiger partial charge in [-0.1, -0.05) is 18.2 Å². The number of carbonyl (C=O) groups excluding carboxylic acids is 2. The summed E-state index contributed by atoms with van der Waals surface area (Å²) in [5.74, 6) is -1.36. The maximum absolute atomic E-state index is 12.4. The molecule has 1 unspecified atom stereocenters. The second kappa shape index (κ2) is 9.24. The molecule has 170 valence electrons.